The molecule has 2 rings (SSSR count). The summed E-state index contributed by atoms with van der Waals surface area (Å²) in [5.74, 6) is 0.872. The average Bonchev–Trinajstić information content (AvgIpc) is 2.39. The fraction of sp³-hybridized carbons (Fsp3) is 0.214. The van der Waals surface area contributed by atoms with Crippen molar-refractivity contribution in [1.29, 1.82) is 0 Å². The van der Waals surface area contributed by atoms with E-state index in [2.05, 4.69) is 10.3 Å². The molecule has 2 aromatic rings. The fourth-order valence-corrected chi connectivity index (χ4v) is 1.68. The summed E-state index contributed by atoms with van der Waals surface area (Å²) in [6.07, 6.45) is 1.76. The molecule has 0 radical (unpaired) electrons. The molecule has 1 aromatic carbocycles. The molecular formula is C14H16N2O2. The Hall–Kier alpha value is -2.23. The number of nitrogens with one attached hydrogen (secondary N) is 1. The minimum atomic E-state index is 0.225. The molecule has 0 aliphatic carbocycles. The van der Waals surface area contributed by atoms with Gasteiger partial charge in [0, 0.05) is 24.4 Å². The molecule has 4 nitrogen and oxygen atoms in total. The van der Waals surface area contributed by atoms with Crippen LogP contribution in [0.2, 0.25) is 0 Å². The number of aryl methyl sites for hydroxylation is 1. The van der Waals surface area contributed by atoms with Crippen molar-refractivity contribution in [1.82, 2.24) is 4.98 Å². The summed E-state index contributed by atoms with van der Waals surface area (Å²) in [7, 11) is 1.58. The van der Waals surface area contributed by atoms with E-state index < -0.39 is 0 Å². The third-order valence-corrected chi connectivity index (χ3v) is 2.77. The van der Waals surface area contributed by atoms with Crippen LogP contribution >= 0.6 is 0 Å². The monoisotopic (exact) mass is 244 g/mol. The number of anilines is 1. The topological polar surface area (TPSA) is 54.4 Å². The van der Waals surface area contributed by atoms with Gasteiger partial charge in [0.05, 0.1) is 18.5 Å². The maximum Gasteiger partial charge on any atom is 0.124 e. The predicted molar refractivity (Wildman–Crippen MR) is 71.0 cm³/mol. The van der Waals surface area contributed by atoms with E-state index in [-0.39, 0.29) is 5.75 Å². The van der Waals surface area contributed by atoms with Crippen molar-refractivity contribution in [2.24, 2.45) is 0 Å². The largest absolute Gasteiger partial charge is 0.507 e. The molecular weight excluding hydrogens is 228 g/mol. The number of phenolic OH excluding ortho intramolecular Hbond substituents is 1. The van der Waals surface area contributed by atoms with E-state index in [0.717, 1.165) is 16.9 Å². The Morgan fingerprint density at radius 2 is 2.17 bits per heavy atom. The van der Waals surface area contributed by atoms with E-state index in [1.54, 1.807) is 19.4 Å². The molecule has 0 saturated heterocycles. The lowest BCUT2D eigenvalue weighted by molar-refractivity contribution is 0.406. The molecule has 0 bridgehead atoms. The van der Waals surface area contributed by atoms with Gasteiger partial charge in [-0.3, -0.25) is 4.98 Å². The van der Waals surface area contributed by atoms with Gasteiger partial charge < -0.3 is 15.2 Å². The van der Waals surface area contributed by atoms with Crippen LogP contribution in [0.4, 0.5) is 5.69 Å². The molecule has 0 spiro atoms. The molecule has 0 unspecified atom stereocenters. The highest BCUT2D eigenvalue weighted by Gasteiger charge is 2.04. The lowest BCUT2D eigenvalue weighted by Gasteiger charge is -2.10. The third-order valence-electron chi connectivity index (χ3n) is 2.77. The molecule has 2 N–H and O–H groups in total. The van der Waals surface area contributed by atoms with Gasteiger partial charge in [-0.2, -0.15) is 0 Å². The Labute approximate surface area is 106 Å². The highest BCUT2D eigenvalue weighted by atomic mass is 16.5. The first kappa shape index (κ1) is 12.2. The van der Waals surface area contributed by atoms with Gasteiger partial charge in [0.15, 0.2) is 0 Å². The summed E-state index contributed by atoms with van der Waals surface area (Å²) in [5, 5.41) is 13.1. The minimum absolute atomic E-state index is 0.225. The number of aromatic nitrogens is 1. The highest BCUT2D eigenvalue weighted by Crippen LogP contribution is 2.24. The fourth-order valence-electron chi connectivity index (χ4n) is 1.68. The summed E-state index contributed by atoms with van der Waals surface area (Å²) < 4.78 is 5.04. The van der Waals surface area contributed by atoms with Gasteiger partial charge in [-0.05, 0) is 31.2 Å². The Balaban J connectivity index is 2.09. The van der Waals surface area contributed by atoms with Crippen molar-refractivity contribution < 1.29 is 9.84 Å². The lowest BCUT2D eigenvalue weighted by atomic mass is 10.2. The molecule has 0 saturated carbocycles. The van der Waals surface area contributed by atoms with Gasteiger partial charge in [0.1, 0.15) is 11.5 Å². The number of pyridine rings is 1. The molecule has 1 heterocycles. The number of hydrogen-bond donors (Lipinski definition) is 2. The normalized spacial score (nSPS) is 10.1. The second-order valence-electron chi connectivity index (χ2n) is 3.98. The quantitative estimate of drug-likeness (QED) is 0.868. The SMILES string of the molecule is COc1ccc(CNc2cccnc2C)c(O)c1. The zero-order chi connectivity index (χ0) is 13.0. The number of benzene rings is 1. The number of rotatable bonds is 4. The van der Waals surface area contributed by atoms with Crippen LogP contribution in [-0.2, 0) is 6.54 Å². The minimum Gasteiger partial charge on any atom is -0.507 e. The first-order valence-corrected chi connectivity index (χ1v) is 5.72. The second-order valence-corrected chi connectivity index (χ2v) is 3.98. The van der Waals surface area contributed by atoms with Crippen molar-refractivity contribution in [3.8, 4) is 11.5 Å². The van der Waals surface area contributed by atoms with Crippen LogP contribution in [-0.4, -0.2) is 17.2 Å². The van der Waals surface area contributed by atoms with E-state index in [0.29, 0.717) is 12.3 Å². The van der Waals surface area contributed by atoms with Gasteiger partial charge in [-0.15, -0.1) is 0 Å². The second kappa shape index (κ2) is 5.40. The van der Waals surface area contributed by atoms with Gasteiger partial charge >= 0.3 is 0 Å². The van der Waals surface area contributed by atoms with E-state index >= 15 is 0 Å². The van der Waals surface area contributed by atoms with Gasteiger partial charge in [0.2, 0.25) is 0 Å². The van der Waals surface area contributed by atoms with Crippen LogP contribution < -0.4 is 10.1 Å². The number of aromatic hydroxyl groups is 1. The standard InChI is InChI=1S/C14H16N2O2/c1-10-13(4-3-7-15-10)16-9-11-5-6-12(18-2)8-14(11)17/h3-8,16-17H,9H2,1-2H3. The van der Waals surface area contributed by atoms with Gasteiger partial charge in [-0.25, -0.2) is 0 Å². The summed E-state index contributed by atoms with van der Waals surface area (Å²) in [5.41, 5.74) is 2.72. The first-order valence-electron chi connectivity index (χ1n) is 5.72. The smallest absolute Gasteiger partial charge is 0.124 e. The number of phenols is 1. The summed E-state index contributed by atoms with van der Waals surface area (Å²) in [6.45, 7) is 2.48. The zero-order valence-corrected chi connectivity index (χ0v) is 10.5. The number of nitrogens with zero attached hydrogens (tertiary/aromatic N) is 1. The average molecular weight is 244 g/mol. The lowest BCUT2D eigenvalue weighted by Crippen LogP contribution is -2.02. The van der Waals surface area contributed by atoms with Crippen molar-refractivity contribution >= 4 is 5.69 Å². The van der Waals surface area contributed by atoms with Gasteiger partial charge in [-0.1, -0.05) is 0 Å². The Morgan fingerprint density at radius 1 is 1.33 bits per heavy atom. The highest BCUT2D eigenvalue weighted by molar-refractivity contribution is 5.49. The summed E-state index contributed by atoms with van der Waals surface area (Å²) in [6, 6.07) is 9.11. The van der Waals surface area contributed by atoms with Gasteiger partial charge in [0.25, 0.3) is 0 Å². The van der Waals surface area contributed by atoms with Crippen molar-refractivity contribution in [3.05, 3.63) is 47.8 Å². The number of ether oxygens (including phenoxy) is 1. The molecule has 0 fully saturated rings. The van der Waals surface area contributed by atoms with Crippen LogP contribution in [0.5, 0.6) is 11.5 Å². The molecule has 94 valence electrons. The van der Waals surface area contributed by atoms with Crippen LogP contribution in [0.15, 0.2) is 36.5 Å². The Morgan fingerprint density at radius 3 is 2.83 bits per heavy atom. The summed E-state index contributed by atoms with van der Waals surface area (Å²) >= 11 is 0. The molecule has 0 atom stereocenters. The first-order chi connectivity index (χ1) is 8.70. The maximum atomic E-state index is 9.83. The number of methoxy groups -OCH3 is 1. The molecule has 0 aliphatic rings. The van der Waals surface area contributed by atoms with Crippen molar-refractivity contribution in [2.75, 3.05) is 12.4 Å². The maximum absolute atomic E-state index is 9.83. The van der Waals surface area contributed by atoms with Crippen molar-refractivity contribution in [2.45, 2.75) is 13.5 Å². The molecule has 0 aliphatic heterocycles. The molecule has 0 amide bonds. The zero-order valence-electron chi connectivity index (χ0n) is 10.5. The molecule has 1 aromatic heterocycles. The van der Waals surface area contributed by atoms with E-state index in [4.69, 9.17) is 4.74 Å². The van der Waals surface area contributed by atoms with Crippen molar-refractivity contribution in [3.63, 3.8) is 0 Å². The van der Waals surface area contributed by atoms with E-state index in [1.807, 2.05) is 31.2 Å². The Bertz CT molecular complexity index is 541. The van der Waals surface area contributed by atoms with Crippen LogP contribution in [0.1, 0.15) is 11.3 Å². The van der Waals surface area contributed by atoms with E-state index in [1.165, 1.54) is 0 Å². The van der Waals surface area contributed by atoms with E-state index in [9.17, 15) is 5.11 Å². The number of hydrogen-bond acceptors (Lipinski definition) is 4. The Kier molecular flexibility index (Phi) is 3.67. The third kappa shape index (κ3) is 2.71. The molecule has 4 heteroatoms. The summed E-state index contributed by atoms with van der Waals surface area (Å²) in [4.78, 5) is 4.20. The predicted octanol–water partition coefficient (Wildman–Crippen LogP) is 2.72. The van der Waals surface area contributed by atoms with Crippen LogP contribution in [0.3, 0.4) is 0 Å². The molecule has 18 heavy (non-hydrogen) atoms. The van der Waals surface area contributed by atoms with Crippen LogP contribution in [0, 0.1) is 6.92 Å². The van der Waals surface area contributed by atoms with Crippen LogP contribution in [0.25, 0.3) is 0 Å².